The minimum atomic E-state index is -2.87. The summed E-state index contributed by atoms with van der Waals surface area (Å²) >= 11 is 0. The molecule has 152 valence electrons. The maximum absolute atomic E-state index is 12.6. The Morgan fingerprint density at radius 1 is 1.26 bits per heavy atom. The summed E-state index contributed by atoms with van der Waals surface area (Å²) in [6, 6.07) is 4.75. The lowest BCUT2D eigenvalue weighted by atomic mass is 10.1. The summed E-state index contributed by atoms with van der Waals surface area (Å²) in [5.74, 6) is 1.80. The summed E-state index contributed by atoms with van der Waals surface area (Å²) in [6.45, 7) is 3.83. The number of alkyl halides is 2. The van der Waals surface area contributed by atoms with E-state index in [1.807, 2.05) is 0 Å². The summed E-state index contributed by atoms with van der Waals surface area (Å²) in [6.07, 6.45) is 2.57. The topological polar surface area (TPSA) is 58.1 Å². The first-order chi connectivity index (χ1) is 13.0. The Labute approximate surface area is 159 Å². The molecule has 0 bridgehead atoms. The Morgan fingerprint density at radius 3 is 2.63 bits per heavy atom. The monoisotopic (exact) mass is 384 g/mol. The van der Waals surface area contributed by atoms with Gasteiger partial charge in [-0.05, 0) is 50.0 Å². The van der Waals surface area contributed by atoms with Crippen LogP contribution in [0.25, 0.3) is 0 Å². The van der Waals surface area contributed by atoms with Crippen LogP contribution in [0.4, 0.5) is 8.78 Å². The van der Waals surface area contributed by atoms with Crippen molar-refractivity contribution in [3.63, 3.8) is 0 Å². The SMILES string of the molecule is CN=C(NCc1cc(OC)ccc1OC(F)F)NCC(C)CN1CCCC1. The maximum atomic E-state index is 12.6. The van der Waals surface area contributed by atoms with Crippen molar-refractivity contribution in [2.45, 2.75) is 32.9 Å². The van der Waals surface area contributed by atoms with Crippen molar-refractivity contribution in [1.29, 1.82) is 0 Å². The fourth-order valence-electron chi connectivity index (χ4n) is 3.17. The summed E-state index contributed by atoms with van der Waals surface area (Å²) in [4.78, 5) is 6.68. The number of hydrogen-bond donors (Lipinski definition) is 2. The second-order valence-electron chi connectivity index (χ2n) is 6.77. The zero-order valence-corrected chi connectivity index (χ0v) is 16.3. The molecule has 1 saturated heterocycles. The number of methoxy groups -OCH3 is 1. The molecule has 1 unspecified atom stereocenters. The molecule has 1 aromatic rings. The van der Waals surface area contributed by atoms with Gasteiger partial charge in [0, 0.05) is 32.2 Å². The average Bonchev–Trinajstić information content (AvgIpc) is 3.15. The maximum Gasteiger partial charge on any atom is 0.387 e. The molecule has 27 heavy (non-hydrogen) atoms. The van der Waals surface area contributed by atoms with Gasteiger partial charge < -0.3 is 25.0 Å². The van der Waals surface area contributed by atoms with Gasteiger partial charge in [0.05, 0.1) is 7.11 Å². The van der Waals surface area contributed by atoms with E-state index in [1.165, 1.54) is 39.1 Å². The quantitative estimate of drug-likeness (QED) is 0.506. The highest BCUT2D eigenvalue weighted by molar-refractivity contribution is 5.79. The minimum Gasteiger partial charge on any atom is -0.497 e. The Bertz CT molecular complexity index is 607. The van der Waals surface area contributed by atoms with Crippen LogP contribution < -0.4 is 20.1 Å². The number of ether oxygens (including phenoxy) is 2. The van der Waals surface area contributed by atoms with E-state index in [2.05, 4.69) is 32.2 Å². The van der Waals surface area contributed by atoms with Crippen LogP contribution in [-0.4, -0.2) is 57.8 Å². The molecule has 1 aliphatic heterocycles. The molecule has 1 atom stereocenters. The first-order valence-electron chi connectivity index (χ1n) is 9.30. The average molecular weight is 384 g/mol. The molecule has 0 radical (unpaired) electrons. The molecule has 1 aromatic carbocycles. The molecule has 8 heteroatoms. The summed E-state index contributed by atoms with van der Waals surface area (Å²) < 4.78 is 35.0. The molecule has 1 heterocycles. The Morgan fingerprint density at radius 2 is 2.00 bits per heavy atom. The number of aliphatic imine (C=N–C) groups is 1. The van der Waals surface area contributed by atoms with Crippen molar-refractivity contribution in [1.82, 2.24) is 15.5 Å². The smallest absolute Gasteiger partial charge is 0.387 e. The zero-order valence-electron chi connectivity index (χ0n) is 16.3. The Kier molecular flexibility index (Phi) is 8.57. The van der Waals surface area contributed by atoms with E-state index in [1.54, 1.807) is 19.2 Å². The number of benzene rings is 1. The Hall–Kier alpha value is -2.09. The van der Waals surface area contributed by atoms with Gasteiger partial charge >= 0.3 is 6.61 Å². The molecule has 2 rings (SSSR count). The van der Waals surface area contributed by atoms with Crippen LogP contribution in [0, 0.1) is 5.92 Å². The van der Waals surface area contributed by atoms with Crippen molar-refractivity contribution in [3.8, 4) is 11.5 Å². The molecule has 0 amide bonds. The number of halogens is 2. The summed E-state index contributed by atoms with van der Waals surface area (Å²) in [5.41, 5.74) is 0.572. The lowest BCUT2D eigenvalue weighted by molar-refractivity contribution is -0.0504. The van der Waals surface area contributed by atoms with Crippen LogP contribution >= 0.6 is 0 Å². The molecule has 0 saturated carbocycles. The third-order valence-electron chi connectivity index (χ3n) is 4.54. The number of rotatable bonds is 9. The van der Waals surface area contributed by atoms with Crippen LogP contribution in [0.2, 0.25) is 0 Å². The van der Waals surface area contributed by atoms with Crippen molar-refractivity contribution < 1.29 is 18.3 Å². The summed E-state index contributed by atoms with van der Waals surface area (Å²) in [7, 11) is 3.21. The molecule has 1 fully saturated rings. The lowest BCUT2D eigenvalue weighted by Crippen LogP contribution is -2.41. The third-order valence-corrected chi connectivity index (χ3v) is 4.54. The van der Waals surface area contributed by atoms with Crippen LogP contribution in [0.15, 0.2) is 23.2 Å². The van der Waals surface area contributed by atoms with Crippen molar-refractivity contribution in [2.75, 3.05) is 40.3 Å². The molecule has 0 aliphatic carbocycles. The van der Waals surface area contributed by atoms with Gasteiger partial charge in [-0.2, -0.15) is 8.78 Å². The van der Waals surface area contributed by atoms with Gasteiger partial charge in [0.25, 0.3) is 0 Å². The van der Waals surface area contributed by atoms with Gasteiger partial charge in [0.1, 0.15) is 11.5 Å². The molecular weight excluding hydrogens is 354 g/mol. The molecule has 0 aromatic heterocycles. The van der Waals surface area contributed by atoms with E-state index in [-0.39, 0.29) is 5.75 Å². The predicted molar refractivity (Wildman–Crippen MR) is 103 cm³/mol. The van der Waals surface area contributed by atoms with Crippen molar-refractivity contribution in [3.05, 3.63) is 23.8 Å². The summed E-state index contributed by atoms with van der Waals surface area (Å²) in [5, 5.41) is 6.44. The van der Waals surface area contributed by atoms with E-state index in [0.29, 0.717) is 29.7 Å². The van der Waals surface area contributed by atoms with Gasteiger partial charge in [0.2, 0.25) is 0 Å². The number of nitrogens with zero attached hydrogens (tertiary/aromatic N) is 2. The highest BCUT2D eigenvalue weighted by Gasteiger charge is 2.15. The Balaban J connectivity index is 1.87. The van der Waals surface area contributed by atoms with E-state index < -0.39 is 6.61 Å². The number of nitrogens with one attached hydrogen (secondary N) is 2. The van der Waals surface area contributed by atoms with Crippen LogP contribution in [0.3, 0.4) is 0 Å². The van der Waals surface area contributed by atoms with E-state index in [0.717, 1.165) is 13.1 Å². The molecule has 0 spiro atoms. The predicted octanol–water partition coefficient (Wildman–Crippen LogP) is 2.69. The van der Waals surface area contributed by atoms with Crippen LogP contribution in [0.1, 0.15) is 25.3 Å². The second-order valence-corrected chi connectivity index (χ2v) is 6.77. The fourth-order valence-corrected chi connectivity index (χ4v) is 3.17. The highest BCUT2D eigenvalue weighted by Crippen LogP contribution is 2.25. The van der Waals surface area contributed by atoms with Crippen molar-refractivity contribution in [2.24, 2.45) is 10.9 Å². The number of likely N-dealkylation sites (tertiary alicyclic amines) is 1. The van der Waals surface area contributed by atoms with Crippen molar-refractivity contribution >= 4 is 5.96 Å². The normalized spacial score (nSPS) is 16.4. The fraction of sp³-hybridized carbons (Fsp3) is 0.632. The van der Waals surface area contributed by atoms with Crippen LogP contribution in [0.5, 0.6) is 11.5 Å². The number of hydrogen-bond acceptors (Lipinski definition) is 4. The van der Waals surface area contributed by atoms with E-state index in [9.17, 15) is 8.78 Å². The first-order valence-corrected chi connectivity index (χ1v) is 9.30. The van der Waals surface area contributed by atoms with E-state index >= 15 is 0 Å². The lowest BCUT2D eigenvalue weighted by Gasteiger charge is -2.21. The van der Waals surface area contributed by atoms with E-state index in [4.69, 9.17) is 4.74 Å². The largest absolute Gasteiger partial charge is 0.497 e. The zero-order chi connectivity index (χ0) is 19.6. The van der Waals surface area contributed by atoms with Gasteiger partial charge in [-0.25, -0.2) is 0 Å². The third kappa shape index (κ3) is 7.21. The second kappa shape index (κ2) is 10.9. The first kappa shape index (κ1) is 21.2. The van der Waals surface area contributed by atoms with Crippen LogP contribution in [-0.2, 0) is 6.54 Å². The molecule has 2 N–H and O–H groups in total. The number of guanidine groups is 1. The highest BCUT2D eigenvalue weighted by atomic mass is 19.3. The van der Waals surface area contributed by atoms with Gasteiger partial charge in [0.15, 0.2) is 5.96 Å². The minimum absolute atomic E-state index is 0.121. The standard InChI is InChI=1S/C19H30F2N4O2/c1-14(13-25-8-4-5-9-25)11-23-19(22-2)24-12-15-10-16(26-3)6-7-17(15)27-18(20)21/h6-7,10,14,18H,4-5,8-9,11-13H2,1-3H3,(H2,22,23,24). The van der Waals surface area contributed by atoms with Gasteiger partial charge in [-0.3, -0.25) is 4.99 Å². The molecule has 1 aliphatic rings. The van der Waals surface area contributed by atoms with Gasteiger partial charge in [-0.15, -0.1) is 0 Å². The van der Waals surface area contributed by atoms with Gasteiger partial charge in [-0.1, -0.05) is 6.92 Å². The molecular formula is C19H30F2N4O2. The molecule has 6 nitrogen and oxygen atoms in total.